The molecule has 2 aliphatic heterocycles. The summed E-state index contributed by atoms with van der Waals surface area (Å²) >= 11 is 0. The van der Waals surface area contributed by atoms with Gasteiger partial charge in [0.1, 0.15) is 30.2 Å². The number of benzene rings is 2. The van der Waals surface area contributed by atoms with E-state index in [0.29, 0.717) is 36.4 Å². The zero-order valence-corrected chi connectivity index (χ0v) is 23.7. The van der Waals surface area contributed by atoms with Crippen LogP contribution in [0.3, 0.4) is 0 Å². The van der Waals surface area contributed by atoms with E-state index in [-0.39, 0.29) is 31.2 Å². The molecular weight excluding hydrogens is 524 g/mol. The Hall–Kier alpha value is -3.30. The predicted octanol–water partition coefficient (Wildman–Crippen LogP) is 4.36. The monoisotopic (exact) mass is 564 g/mol. The van der Waals surface area contributed by atoms with Gasteiger partial charge in [0.15, 0.2) is 6.61 Å². The number of hydrogen-bond donors (Lipinski definition) is 0. The maximum atomic E-state index is 14.4. The number of carbonyl (C=O) groups is 2. The van der Waals surface area contributed by atoms with Crippen molar-refractivity contribution < 1.29 is 37.8 Å². The molecule has 4 atom stereocenters. The van der Waals surface area contributed by atoms with Gasteiger partial charge in [-0.15, -0.1) is 0 Å². The van der Waals surface area contributed by atoms with Crippen molar-refractivity contribution in [3.05, 3.63) is 76.7 Å². The second kappa shape index (κ2) is 11.2. The molecule has 2 spiro atoms. The topological polar surface area (TPSA) is 91.1 Å². The van der Waals surface area contributed by atoms with Gasteiger partial charge in [-0.2, -0.15) is 0 Å². The number of hydrogen-bond acceptors (Lipinski definition) is 7. The van der Waals surface area contributed by atoms with Crippen LogP contribution in [-0.2, 0) is 29.3 Å². The van der Waals surface area contributed by atoms with Crippen molar-refractivity contribution in [2.24, 2.45) is 5.41 Å². The first-order valence-electron chi connectivity index (χ1n) is 15.0. The first kappa shape index (κ1) is 27.8. The summed E-state index contributed by atoms with van der Waals surface area (Å²) in [5, 5.41) is 0. The molecule has 2 aromatic carbocycles. The fraction of sp³-hybridized carbons (Fsp3) is 0.562. The van der Waals surface area contributed by atoms with Gasteiger partial charge in [-0.1, -0.05) is 60.7 Å². The Morgan fingerprint density at radius 3 is 2.15 bits per heavy atom. The molecule has 4 fully saturated rings. The Morgan fingerprint density at radius 2 is 1.59 bits per heavy atom. The highest BCUT2D eigenvalue weighted by Gasteiger charge is 2.86. The number of piperidine rings is 2. The zero-order chi connectivity index (χ0) is 28.5. The Balaban J connectivity index is 1.22. The lowest BCUT2D eigenvalue weighted by atomic mass is 9.39. The highest BCUT2D eigenvalue weighted by Crippen LogP contribution is 2.73. The zero-order valence-electron chi connectivity index (χ0n) is 23.7. The van der Waals surface area contributed by atoms with E-state index in [4.69, 9.17) is 18.9 Å². The quantitative estimate of drug-likeness (QED) is 0.164. The lowest BCUT2D eigenvalue weighted by Crippen LogP contribution is -2.94. The Bertz CT molecular complexity index is 1210. The van der Waals surface area contributed by atoms with E-state index in [1.807, 2.05) is 19.1 Å². The van der Waals surface area contributed by atoms with E-state index in [9.17, 15) is 14.5 Å². The molecule has 0 amide bonds. The molecule has 41 heavy (non-hydrogen) atoms. The first-order chi connectivity index (χ1) is 20.0. The number of quaternary nitrogens is 1. The van der Waals surface area contributed by atoms with Gasteiger partial charge in [0.2, 0.25) is 13.1 Å². The molecule has 2 heterocycles. The standard InChI is InChI=1S/C32H40N2O7/c1-2-38-21-17-33(37)18-22-39-30(36)41-32(24-11-5-3-6-12-24,25-13-7-4-8-14-25)29(35)40-28-23-27-31(28)16-15-26(31)34(27)19-9-10-20-34/h3-8,11-14,26-28H,2,9-10,15-23H2,1H3/q+2. The molecule has 0 N–H and O–H groups in total. The summed E-state index contributed by atoms with van der Waals surface area (Å²) in [6.45, 7) is 5.12. The van der Waals surface area contributed by atoms with E-state index in [2.05, 4.69) is 0 Å². The summed E-state index contributed by atoms with van der Waals surface area (Å²) in [5.74, 6) is -0.614. The largest absolute Gasteiger partial charge is 0.510 e. The van der Waals surface area contributed by atoms with Crippen molar-refractivity contribution in [3.8, 4) is 0 Å². The molecule has 4 unspecified atom stereocenters. The Labute approximate surface area is 240 Å². The predicted molar refractivity (Wildman–Crippen MR) is 149 cm³/mol. The highest BCUT2D eigenvalue weighted by atomic mass is 16.7. The average molecular weight is 565 g/mol. The lowest BCUT2D eigenvalue weighted by Gasteiger charge is -2.80. The molecule has 0 aromatic heterocycles. The highest BCUT2D eigenvalue weighted by molar-refractivity contribution is 5.88. The SMILES string of the molecule is CCOCC[N+](=O)CCOC(=O)OC(C(=O)OC1CC2C13CCC3[N+]21CCCC1)(c1ccccc1)c1ccccc1. The van der Waals surface area contributed by atoms with Crippen LogP contribution in [0.2, 0.25) is 0 Å². The minimum absolute atomic E-state index is 0.0380. The third kappa shape index (κ3) is 4.45. The van der Waals surface area contributed by atoms with Gasteiger partial charge < -0.3 is 23.4 Å². The van der Waals surface area contributed by atoms with E-state index < -0.39 is 17.7 Å². The number of carbonyl (C=O) groups excluding carboxylic acids is 2. The lowest BCUT2D eigenvalue weighted by molar-refractivity contribution is -1.05. The normalized spacial score (nSPS) is 26.9. The van der Waals surface area contributed by atoms with Crippen LogP contribution in [0.1, 0.15) is 50.2 Å². The molecule has 2 saturated carbocycles. The minimum atomic E-state index is -1.85. The van der Waals surface area contributed by atoms with Crippen LogP contribution in [0.15, 0.2) is 60.7 Å². The molecule has 9 nitrogen and oxygen atoms in total. The van der Waals surface area contributed by atoms with Crippen molar-refractivity contribution in [1.29, 1.82) is 0 Å². The molecule has 2 aliphatic carbocycles. The van der Waals surface area contributed by atoms with Gasteiger partial charge in [0, 0.05) is 53.1 Å². The first-order valence-corrected chi connectivity index (χ1v) is 15.0. The number of nitrogens with zero attached hydrogens (tertiary/aromatic N) is 2. The van der Waals surface area contributed by atoms with Crippen LogP contribution in [0.5, 0.6) is 0 Å². The van der Waals surface area contributed by atoms with Gasteiger partial charge in [-0.3, -0.25) is 0 Å². The van der Waals surface area contributed by atoms with Gasteiger partial charge in [-0.25, -0.2) is 9.59 Å². The van der Waals surface area contributed by atoms with Gasteiger partial charge in [-0.05, 0) is 13.3 Å². The Kier molecular flexibility index (Phi) is 7.59. The van der Waals surface area contributed by atoms with Crippen LogP contribution < -0.4 is 0 Å². The molecule has 2 saturated heterocycles. The second-order valence-electron chi connectivity index (χ2n) is 11.8. The number of nitroso groups, excluding NO2 is 1. The van der Waals surface area contributed by atoms with Gasteiger partial charge >= 0.3 is 12.1 Å². The molecule has 0 bridgehead atoms. The maximum Gasteiger partial charge on any atom is 0.510 e. The van der Waals surface area contributed by atoms with Crippen molar-refractivity contribution in [1.82, 2.24) is 0 Å². The summed E-state index contributed by atoms with van der Waals surface area (Å²) in [5.41, 5.74) is -0.828. The van der Waals surface area contributed by atoms with E-state index in [0.717, 1.165) is 17.6 Å². The van der Waals surface area contributed by atoms with Gasteiger partial charge in [0.05, 0.1) is 13.1 Å². The van der Waals surface area contributed by atoms with Crippen LogP contribution in [-0.4, -0.2) is 85.6 Å². The van der Waals surface area contributed by atoms with E-state index in [1.165, 1.54) is 36.8 Å². The van der Waals surface area contributed by atoms with Crippen LogP contribution in [0, 0.1) is 10.3 Å². The number of rotatable bonds is 12. The molecule has 4 aliphatic rings. The van der Waals surface area contributed by atoms with Gasteiger partial charge in [0.25, 0.3) is 5.60 Å². The number of ether oxygens (including phenoxy) is 4. The van der Waals surface area contributed by atoms with Crippen LogP contribution >= 0.6 is 0 Å². The fourth-order valence-corrected chi connectivity index (χ4v) is 8.26. The van der Waals surface area contributed by atoms with Crippen molar-refractivity contribution in [3.63, 3.8) is 0 Å². The smallest absolute Gasteiger partial charge is 0.458 e. The van der Waals surface area contributed by atoms with Crippen molar-refractivity contribution in [2.45, 2.75) is 62.8 Å². The molecule has 6 rings (SSSR count). The third-order valence-corrected chi connectivity index (χ3v) is 10.2. The molecule has 2 aromatic rings. The van der Waals surface area contributed by atoms with E-state index in [1.54, 1.807) is 48.5 Å². The van der Waals surface area contributed by atoms with Crippen LogP contribution in [0.25, 0.3) is 0 Å². The van der Waals surface area contributed by atoms with Crippen LogP contribution in [0.4, 0.5) is 4.79 Å². The summed E-state index contributed by atoms with van der Waals surface area (Å²) in [4.78, 5) is 39.6. The number of esters is 1. The van der Waals surface area contributed by atoms with Crippen molar-refractivity contribution >= 4 is 12.1 Å². The maximum absolute atomic E-state index is 14.4. The van der Waals surface area contributed by atoms with E-state index >= 15 is 0 Å². The summed E-state index contributed by atoms with van der Waals surface area (Å²) in [7, 11) is 0. The third-order valence-electron chi connectivity index (χ3n) is 10.2. The minimum Gasteiger partial charge on any atom is -0.458 e. The van der Waals surface area contributed by atoms with Crippen molar-refractivity contribution in [2.75, 3.05) is 46.0 Å². The fourth-order valence-electron chi connectivity index (χ4n) is 8.26. The molecule has 9 heteroatoms. The molecule has 0 radical (unpaired) electrons. The molecular formula is C32H40N2O7+2. The summed E-state index contributed by atoms with van der Waals surface area (Å²) in [6, 6.07) is 19.1. The second-order valence-corrected chi connectivity index (χ2v) is 11.8. The summed E-state index contributed by atoms with van der Waals surface area (Å²) in [6.07, 6.45) is 4.47. The average Bonchev–Trinajstić information content (AvgIpc) is 3.44. The molecule has 218 valence electrons. The number of fused-ring (bicyclic) bond motifs is 2. The summed E-state index contributed by atoms with van der Waals surface area (Å²) < 4.78 is 24.9. The Morgan fingerprint density at radius 1 is 0.951 bits per heavy atom.